The van der Waals surface area contributed by atoms with Crippen molar-refractivity contribution in [3.8, 4) is 22.5 Å². The average Bonchev–Trinajstić information content (AvgIpc) is 3.34. The number of carbonyl (C=O) groups is 1. The lowest BCUT2D eigenvalue weighted by Crippen LogP contribution is -3.00. The molecule has 3 heterocycles. The molecule has 136 valence electrons. The SMILES string of the molecule is O=C(C[n+]1cc(Br)cc(-c2cc(-c3ccccc3)n[nH]2)c1)c1cccs1.[Cl-]. The van der Waals surface area contributed by atoms with Gasteiger partial charge in [0.15, 0.2) is 12.4 Å². The van der Waals surface area contributed by atoms with E-state index in [9.17, 15) is 4.79 Å². The summed E-state index contributed by atoms with van der Waals surface area (Å²) in [5.41, 5.74) is 3.82. The minimum atomic E-state index is 0. The molecule has 0 aliphatic heterocycles. The summed E-state index contributed by atoms with van der Waals surface area (Å²) in [7, 11) is 0. The van der Waals surface area contributed by atoms with E-state index in [4.69, 9.17) is 0 Å². The Morgan fingerprint density at radius 3 is 2.63 bits per heavy atom. The van der Waals surface area contributed by atoms with E-state index in [1.165, 1.54) is 11.3 Å². The summed E-state index contributed by atoms with van der Waals surface area (Å²) >= 11 is 5.00. The molecule has 0 amide bonds. The van der Waals surface area contributed by atoms with Crippen LogP contribution in [0, 0.1) is 0 Å². The van der Waals surface area contributed by atoms with Gasteiger partial charge >= 0.3 is 0 Å². The molecule has 0 bridgehead atoms. The number of H-pyrrole nitrogens is 1. The second kappa shape index (κ2) is 8.61. The first kappa shape index (κ1) is 19.5. The Bertz CT molecular complexity index is 1050. The van der Waals surface area contributed by atoms with Crippen LogP contribution < -0.4 is 17.0 Å². The highest BCUT2D eigenvalue weighted by Gasteiger charge is 2.16. The normalized spacial score (nSPS) is 10.4. The van der Waals surface area contributed by atoms with Crippen molar-refractivity contribution in [2.24, 2.45) is 0 Å². The lowest BCUT2D eigenvalue weighted by Gasteiger charge is -2.00. The number of nitrogens with one attached hydrogen (secondary N) is 1. The van der Waals surface area contributed by atoms with Crippen LogP contribution in [0.4, 0.5) is 0 Å². The van der Waals surface area contributed by atoms with E-state index < -0.39 is 0 Å². The van der Waals surface area contributed by atoms with E-state index in [1.807, 2.05) is 76.9 Å². The molecule has 1 aromatic carbocycles. The number of pyridine rings is 1. The Morgan fingerprint density at radius 2 is 1.89 bits per heavy atom. The summed E-state index contributed by atoms with van der Waals surface area (Å²) < 4.78 is 2.80. The number of nitrogens with zero attached hydrogens (tertiary/aromatic N) is 2. The minimum Gasteiger partial charge on any atom is -1.00 e. The standard InChI is InChI=1S/C20H15BrN3OS.ClH/c21-16-9-15(11-24(12-16)13-19(25)20-7-4-8-26-20)18-10-17(22-23-18)14-5-2-1-3-6-14;/h1-12H,13H2,(H,22,23);1H/q+1;/p-1. The minimum absolute atomic E-state index is 0. The molecule has 27 heavy (non-hydrogen) atoms. The molecular formula is C20H15BrClN3OS. The first-order valence-electron chi connectivity index (χ1n) is 8.06. The Labute approximate surface area is 175 Å². The van der Waals surface area contributed by atoms with Crippen molar-refractivity contribution >= 4 is 33.0 Å². The van der Waals surface area contributed by atoms with Crippen molar-refractivity contribution in [1.29, 1.82) is 0 Å². The van der Waals surface area contributed by atoms with E-state index in [2.05, 4.69) is 26.1 Å². The van der Waals surface area contributed by atoms with Gasteiger partial charge in [-0.3, -0.25) is 9.89 Å². The van der Waals surface area contributed by atoms with E-state index in [0.29, 0.717) is 6.54 Å². The molecule has 0 fully saturated rings. The second-order valence-electron chi connectivity index (χ2n) is 5.85. The van der Waals surface area contributed by atoms with E-state index in [-0.39, 0.29) is 18.2 Å². The van der Waals surface area contributed by atoms with Crippen LogP contribution in [0.3, 0.4) is 0 Å². The molecule has 0 saturated heterocycles. The Kier molecular flexibility index (Phi) is 6.21. The van der Waals surface area contributed by atoms with Crippen LogP contribution in [-0.2, 0) is 6.54 Å². The summed E-state index contributed by atoms with van der Waals surface area (Å²) in [5, 5.41) is 9.41. The van der Waals surface area contributed by atoms with Crippen molar-refractivity contribution in [1.82, 2.24) is 10.2 Å². The summed E-state index contributed by atoms with van der Waals surface area (Å²) in [6.45, 7) is 0.298. The summed E-state index contributed by atoms with van der Waals surface area (Å²) in [6.07, 6.45) is 3.86. The number of carbonyl (C=O) groups excluding carboxylic acids is 1. The zero-order valence-corrected chi connectivity index (χ0v) is 17.3. The molecule has 7 heteroatoms. The molecule has 4 rings (SSSR count). The molecule has 3 aromatic heterocycles. The van der Waals surface area contributed by atoms with Gasteiger partial charge in [-0.1, -0.05) is 36.4 Å². The molecule has 0 atom stereocenters. The monoisotopic (exact) mass is 459 g/mol. The average molecular weight is 461 g/mol. The van der Waals surface area contributed by atoms with Gasteiger partial charge < -0.3 is 12.4 Å². The van der Waals surface area contributed by atoms with Crippen molar-refractivity contribution < 1.29 is 21.8 Å². The predicted octanol–water partition coefficient (Wildman–Crippen LogP) is 1.74. The number of ketones is 1. The lowest BCUT2D eigenvalue weighted by atomic mass is 10.1. The Hall–Kier alpha value is -2.28. The van der Waals surface area contributed by atoms with E-state index in [1.54, 1.807) is 0 Å². The largest absolute Gasteiger partial charge is 1.00 e. The molecule has 4 nitrogen and oxygen atoms in total. The fourth-order valence-corrected chi connectivity index (χ4v) is 3.91. The fourth-order valence-electron chi connectivity index (χ4n) is 2.74. The zero-order chi connectivity index (χ0) is 17.9. The number of thiophene rings is 1. The van der Waals surface area contributed by atoms with E-state index >= 15 is 0 Å². The van der Waals surface area contributed by atoms with Gasteiger partial charge in [-0.2, -0.15) is 9.67 Å². The number of aromatic amines is 1. The maximum Gasteiger partial charge on any atom is 0.237 e. The van der Waals surface area contributed by atoms with Crippen molar-refractivity contribution in [3.63, 3.8) is 0 Å². The summed E-state index contributed by atoms with van der Waals surface area (Å²) in [4.78, 5) is 13.1. The second-order valence-corrected chi connectivity index (χ2v) is 7.71. The third-order valence-electron chi connectivity index (χ3n) is 3.97. The van der Waals surface area contributed by atoms with Gasteiger partial charge in [0.25, 0.3) is 0 Å². The van der Waals surface area contributed by atoms with Gasteiger partial charge in [0.05, 0.1) is 26.3 Å². The Morgan fingerprint density at radius 1 is 1.07 bits per heavy atom. The van der Waals surface area contributed by atoms with Crippen LogP contribution in [0.25, 0.3) is 22.5 Å². The quantitative estimate of drug-likeness (QED) is 0.364. The molecule has 1 N–H and O–H groups in total. The molecule has 0 unspecified atom stereocenters. The zero-order valence-electron chi connectivity index (χ0n) is 14.1. The van der Waals surface area contributed by atoms with Crippen LogP contribution in [0.5, 0.6) is 0 Å². The van der Waals surface area contributed by atoms with Crippen LogP contribution in [0.15, 0.2) is 76.8 Å². The molecule has 0 saturated carbocycles. The highest BCUT2D eigenvalue weighted by atomic mass is 79.9. The predicted molar refractivity (Wildman–Crippen MR) is 106 cm³/mol. The number of Topliss-reactive ketones (excluding diaryl/α,β-unsaturated/α-hetero) is 1. The topological polar surface area (TPSA) is 49.6 Å². The van der Waals surface area contributed by atoms with Gasteiger partial charge in [-0.25, -0.2) is 0 Å². The number of hydrogen-bond acceptors (Lipinski definition) is 3. The molecule has 0 radical (unpaired) electrons. The number of aromatic nitrogens is 3. The van der Waals surface area contributed by atoms with E-state index in [0.717, 1.165) is 31.9 Å². The lowest BCUT2D eigenvalue weighted by molar-refractivity contribution is -0.683. The van der Waals surface area contributed by atoms with Gasteiger partial charge in [0, 0.05) is 5.56 Å². The third kappa shape index (κ3) is 4.53. The summed E-state index contributed by atoms with van der Waals surface area (Å²) in [5.74, 6) is 0.101. The van der Waals surface area contributed by atoms with Gasteiger partial charge in [-0.15, -0.1) is 11.3 Å². The number of halogens is 2. The van der Waals surface area contributed by atoms with Crippen LogP contribution in [0.1, 0.15) is 9.67 Å². The number of rotatable bonds is 5. The van der Waals surface area contributed by atoms with Gasteiger partial charge in [0.2, 0.25) is 12.3 Å². The molecule has 0 aliphatic rings. The van der Waals surface area contributed by atoms with Crippen molar-refractivity contribution in [2.45, 2.75) is 6.54 Å². The molecular weight excluding hydrogens is 446 g/mol. The smallest absolute Gasteiger partial charge is 0.237 e. The highest BCUT2D eigenvalue weighted by molar-refractivity contribution is 9.10. The molecule has 0 aliphatic carbocycles. The summed E-state index contributed by atoms with van der Waals surface area (Å²) in [6, 6.07) is 17.8. The maximum absolute atomic E-state index is 12.4. The van der Waals surface area contributed by atoms with Gasteiger partial charge in [0.1, 0.15) is 0 Å². The van der Waals surface area contributed by atoms with Crippen molar-refractivity contribution in [3.05, 3.63) is 81.7 Å². The fraction of sp³-hybridized carbons (Fsp3) is 0.0500. The Balaban J connectivity index is 0.00000210. The third-order valence-corrected chi connectivity index (χ3v) is 5.31. The maximum atomic E-state index is 12.4. The first-order valence-corrected chi connectivity index (χ1v) is 9.74. The highest BCUT2D eigenvalue weighted by Crippen LogP contribution is 2.24. The number of hydrogen-bond donors (Lipinski definition) is 1. The number of benzene rings is 1. The van der Waals surface area contributed by atoms with Crippen LogP contribution in [0.2, 0.25) is 0 Å². The van der Waals surface area contributed by atoms with Crippen LogP contribution >= 0.6 is 27.3 Å². The van der Waals surface area contributed by atoms with Crippen molar-refractivity contribution in [2.75, 3.05) is 0 Å². The molecule has 4 aromatic rings. The van der Waals surface area contributed by atoms with Gasteiger partial charge in [-0.05, 0) is 39.5 Å². The van der Waals surface area contributed by atoms with Crippen LogP contribution in [-0.4, -0.2) is 16.0 Å². The molecule has 0 spiro atoms. The first-order chi connectivity index (χ1) is 12.7.